The van der Waals surface area contributed by atoms with Crippen molar-refractivity contribution in [1.29, 1.82) is 0 Å². The zero-order valence-electron chi connectivity index (χ0n) is 14.9. The van der Waals surface area contributed by atoms with Crippen molar-refractivity contribution in [3.05, 3.63) is 75.0 Å². The second-order valence-electron chi connectivity index (χ2n) is 6.53. The Morgan fingerprint density at radius 1 is 1.32 bits per heavy atom. The molecule has 28 heavy (non-hydrogen) atoms. The summed E-state index contributed by atoms with van der Waals surface area (Å²) in [6, 6.07) is 6.95. The molecule has 3 aromatic rings. The highest BCUT2D eigenvalue weighted by atomic mass is 35.5. The first-order valence-corrected chi connectivity index (χ1v) is 9.32. The molecule has 0 saturated carbocycles. The van der Waals surface area contributed by atoms with Crippen molar-refractivity contribution in [2.45, 2.75) is 12.5 Å². The van der Waals surface area contributed by atoms with Crippen molar-refractivity contribution in [2.24, 2.45) is 7.05 Å². The number of nitrogens with one attached hydrogen (secondary N) is 1. The Labute approximate surface area is 170 Å². The van der Waals surface area contributed by atoms with Crippen LogP contribution in [0.1, 0.15) is 33.2 Å². The van der Waals surface area contributed by atoms with E-state index < -0.39 is 5.83 Å². The Bertz CT molecular complexity index is 1050. The van der Waals surface area contributed by atoms with Gasteiger partial charge in [-0.25, -0.2) is 4.39 Å². The number of aryl methyl sites for hydroxylation is 1. The molecular weight excluding hydrogens is 404 g/mol. The summed E-state index contributed by atoms with van der Waals surface area (Å²) in [6.45, 7) is -0.185. The molecule has 1 aliphatic heterocycles. The maximum Gasteiger partial charge on any atom is 0.255 e. The van der Waals surface area contributed by atoms with Crippen LogP contribution in [-0.4, -0.2) is 37.3 Å². The lowest BCUT2D eigenvalue weighted by atomic mass is 10.0. The largest absolute Gasteiger partial charge is 0.324 e. The van der Waals surface area contributed by atoms with Gasteiger partial charge in [-0.3, -0.25) is 14.6 Å². The van der Waals surface area contributed by atoms with Crippen LogP contribution in [0.25, 0.3) is 6.08 Å². The number of carbonyl (C=O) groups excluding carboxylic acids is 1. The van der Waals surface area contributed by atoms with E-state index >= 15 is 0 Å². The number of nitrogens with zero attached hydrogens (tertiary/aromatic N) is 4. The van der Waals surface area contributed by atoms with Gasteiger partial charge >= 0.3 is 0 Å². The van der Waals surface area contributed by atoms with Crippen LogP contribution >= 0.6 is 23.2 Å². The molecule has 1 amide bonds. The van der Waals surface area contributed by atoms with Gasteiger partial charge in [0, 0.05) is 24.6 Å². The molecule has 0 radical (unpaired) electrons. The van der Waals surface area contributed by atoms with Crippen LogP contribution in [0.4, 0.5) is 4.39 Å². The highest BCUT2D eigenvalue weighted by Gasteiger charge is 2.37. The van der Waals surface area contributed by atoms with Crippen LogP contribution in [0.3, 0.4) is 0 Å². The van der Waals surface area contributed by atoms with Gasteiger partial charge in [0.2, 0.25) is 0 Å². The minimum Gasteiger partial charge on any atom is -0.324 e. The number of aromatic nitrogens is 4. The van der Waals surface area contributed by atoms with E-state index in [0.29, 0.717) is 22.6 Å². The molecule has 2 aromatic heterocycles. The van der Waals surface area contributed by atoms with Crippen molar-refractivity contribution in [1.82, 2.24) is 24.9 Å². The van der Waals surface area contributed by atoms with Crippen LogP contribution < -0.4 is 0 Å². The maximum absolute atomic E-state index is 14.7. The number of aromatic amines is 1. The van der Waals surface area contributed by atoms with Crippen LogP contribution in [-0.2, 0) is 13.5 Å². The summed E-state index contributed by atoms with van der Waals surface area (Å²) in [6.07, 6.45) is 4.69. The molecule has 1 aromatic carbocycles. The zero-order valence-corrected chi connectivity index (χ0v) is 16.4. The summed E-state index contributed by atoms with van der Waals surface area (Å²) in [4.78, 5) is 14.5. The van der Waals surface area contributed by atoms with E-state index in [9.17, 15) is 9.18 Å². The van der Waals surface area contributed by atoms with Gasteiger partial charge in [0.15, 0.2) is 0 Å². The molecule has 144 valence electrons. The standard InChI is InChI=1S/C19H16Cl2FN5O/c1-26-17(15(20)9-24-26)7-16-13-4-2-3-5-14(13)19(28)27(16)10-12(22)6-11-8-23-25-18(11)21/h2-6,8-9,16H,7,10H2,1H3,(H,23,25)/b12-6-. The number of carbonyl (C=O) groups is 1. The molecule has 0 saturated heterocycles. The number of amides is 1. The lowest BCUT2D eigenvalue weighted by Gasteiger charge is -2.25. The average Bonchev–Trinajstić information content (AvgIpc) is 3.30. The first kappa shape index (κ1) is 18.7. The number of rotatable bonds is 5. The SMILES string of the molecule is Cn1ncc(Cl)c1CC1c2ccccc2C(=O)N1C/C(F)=C/c1cn[nH]c1Cl. The topological polar surface area (TPSA) is 66.8 Å². The molecule has 3 heterocycles. The monoisotopic (exact) mass is 419 g/mol. The molecule has 6 nitrogen and oxygen atoms in total. The quantitative estimate of drug-likeness (QED) is 0.673. The first-order valence-electron chi connectivity index (χ1n) is 8.57. The third-order valence-corrected chi connectivity index (χ3v) is 5.46. The van der Waals surface area contributed by atoms with Crippen LogP contribution in [0.5, 0.6) is 0 Å². The van der Waals surface area contributed by atoms with Gasteiger partial charge in [0.1, 0.15) is 11.0 Å². The van der Waals surface area contributed by atoms with E-state index in [-0.39, 0.29) is 23.6 Å². The molecule has 1 N–H and O–H groups in total. The Kier molecular flexibility index (Phi) is 4.95. The Hall–Kier alpha value is -2.64. The number of halogens is 3. The van der Waals surface area contributed by atoms with Crippen molar-refractivity contribution in [3.8, 4) is 0 Å². The number of hydrogen-bond donors (Lipinski definition) is 1. The lowest BCUT2D eigenvalue weighted by molar-refractivity contribution is 0.0732. The number of benzene rings is 1. The van der Waals surface area contributed by atoms with E-state index in [2.05, 4.69) is 15.3 Å². The number of fused-ring (bicyclic) bond motifs is 1. The van der Waals surface area contributed by atoms with Crippen molar-refractivity contribution >= 4 is 35.2 Å². The van der Waals surface area contributed by atoms with Gasteiger partial charge in [-0.2, -0.15) is 10.2 Å². The van der Waals surface area contributed by atoms with Crippen molar-refractivity contribution < 1.29 is 9.18 Å². The van der Waals surface area contributed by atoms with Crippen molar-refractivity contribution in [2.75, 3.05) is 6.54 Å². The summed E-state index contributed by atoms with van der Waals surface area (Å²) < 4.78 is 16.4. The Balaban J connectivity index is 1.67. The second kappa shape index (κ2) is 7.41. The fraction of sp³-hybridized carbons (Fsp3) is 0.211. The van der Waals surface area contributed by atoms with Gasteiger partial charge in [-0.05, 0) is 17.7 Å². The molecule has 0 fully saturated rings. The first-order chi connectivity index (χ1) is 13.5. The lowest BCUT2D eigenvalue weighted by Crippen LogP contribution is -2.31. The molecule has 0 spiro atoms. The van der Waals surface area contributed by atoms with Gasteiger partial charge in [0.05, 0.1) is 35.7 Å². The molecule has 1 unspecified atom stereocenters. The van der Waals surface area contributed by atoms with Crippen molar-refractivity contribution in [3.63, 3.8) is 0 Å². The number of hydrogen-bond acceptors (Lipinski definition) is 3. The van der Waals surface area contributed by atoms with Gasteiger partial charge in [-0.15, -0.1) is 0 Å². The zero-order chi connectivity index (χ0) is 19.8. The van der Waals surface area contributed by atoms with E-state index in [1.54, 1.807) is 30.1 Å². The molecule has 4 rings (SSSR count). The van der Waals surface area contributed by atoms with Gasteiger partial charge in [-0.1, -0.05) is 41.4 Å². The Morgan fingerprint density at radius 2 is 2.11 bits per heavy atom. The predicted octanol–water partition coefficient (Wildman–Crippen LogP) is 4.20. The molecule has 9 heteroatoms. The highest BCUT2D eigenvalue weighted by Crippen LogP contribution is 2.37. The summed E-state index contributed by atoms with van der Waals surface area (Å²) in [7, 11) is 1.79. The third kappa shape index (κ3) is 3.31. The summed E-state index contributed by atoms with van der Waals surface area (Å²) in [5.41, 5.74) is 2.62. The van der Waals surface area contributed by atoms with E-state index in [4.69, 9.17) is 23.2 Å². The highest BCUT2D eigenvalue weighted by molar-refractivity contribution is 6.31. The van der Waals surface area contributed by atoms with E-state index in [0.717, 1.165) is 11.3 Å². The van der Waals surface area contributed by atoms with E-state index in [1.807, 2.05) is 12.1 Å². The molecule has 1 aliphatic rings. The van der Waals surface area contributed by atoms with Crippen LogP contribution in [0, 0.1) is 0 Å². The molecule has 0 bridgehead atoms. The smallest absolute Gasteiger partial charge is 0.255 e. The van der Waals surface area contributed by atoms with Gasteiger partial charge in [0.25, 0.3) is 5.91 Å². The fourth-order valence-electron chi connectivity index (χ4n) is 3.45. The summed E-state index contributed by atoms with van der Waals surface area (Å²) >= 11 is 12.2. The summed E-state index contributed by atoms with van der Waals surface area (Å²) in [5, 5.41) is 11.2. The minimum absolute atomic E-state index is 0.185. The normalized spacial score (nSPS) is 16.7. The maximum atomic E-state index is 14.7. The molecule has 1 atom stereocenters. The third-order valence-electron chi connectivity index (χ3n) is 4.84. The van der Waals surface area contributed by atoms with Gasteiger partial charge < -0.3 is 4.90 Å². The molecule has 0 aliphatic carbocycles. The predicted molar refractivity (Wildman–Crippen MR) is 105 cm³/mol. The fourth-order valence-corrected chi connectivity index (χ4v) is 3.85. The van der Waals surface area contributed by atoms with E-state index in [1.165, 1.54) is 17.2 Å². The molecular formula is C19H16Cl2FN5O. The number of H-pyrrole nitrogens is 1. The second-order valence-corrected chi connectivity index (χ2v) is 7.32. The average molecular weight is 420 g/mol. The van der Waals surface area contributed by atoms with Crippen LogP contribution in [0.2, 0.25) is 10.2 Å². The minimum atomic E-state index is -0.495. The summed E-state index contributed by atoms with van der Waals surface area (Å²) in [5.74, 6) is -0.716. The van der Waals surface area contributed by atoms with Crippen LogP contribution in [0.15, 0.2) is 42.5 Å². The Morgan fingerprint density at radius 3 is 2.79 bits per heavy atom.